The van der Waals surface area contributed by atoms with E-state index in [9.17, 15) is 13.2 Å². The van der Waals surface area contributed by atoms with Gasteiger partial charge in [-0.3, -0.25) is 4.79 Å². The molecule has 4 rings (SSSR count). The van der Waals surface area contributed by atoms with Gasteiger partial charge in [-0.1, -0.05) is 0 Å². The van der Waals surface area contributed by atoms with Crippen molar-refractivity contribution in [2.24, 2.45) is 7.05 Å². The van der Waals surface area contributed by atoms with Crippen molar-refractivity contribution in [1.82, 2.24) is 19.2 Å². The number of carbonyl (C=O) groups is 1. The first-order valence-electron chi connectivity index (χ1n) is 7.63. The molecule has 25 heavy (non-hydrogen) atoms. The van der Waals surface area contributed by atoms with Crippen LogP contribution in [0.2, 0.25) is 0 Å². The number of amides is 1. The SMILES string of the molecule is CN1CC(NC(=O)c2ccc3c(c2)ncn3C)c2sccc2S1(=O)=O. The lowest BCUT2D eigenvalue weighted by Gasteiger charge is -2.29. The zero-order valence-electron chi connectivity index (χ0n) is 13.6. The molecule has 1 aliphatic rings. The average molecular weight is 376 g/mol. The number of hydrogen-bond acceptors (Lipinski definition) is 5. The molecule has 1 N–H and O–H groups in total. The second-order valence-corrected chi connectivity index (χ2v) is 8.98. The van der Waals surface area contributed by atoms with Crippen LogP contribution >= 0.6 is 11.3 Å². The summed E-state index contributed by atoms with van der Waals surface area (Å²) in [6.45, 7) is 0.216. The first-order valence-corrected chi connectivity index (χ1v) is 9.95. The van der Waals surface area contributed by atoms with E-state index in [2.05, 4.69) is 10.3 Å². The van der Waals surface area contributed by atoms with E-state index in [1.807, 2.05) is 17.7 Å². The molecule has 0 saturated carbocycles. The zero-order valence-corrected chi connectivity index (χ0v) is 15.3. The van der Waals surface area contributed by atoms with E-state index >= 15 is 0 Å². The zero-order chi connectivity index (χ0) is 17.8. The highest BCUT2D eigenvalue weighted by molar-refractivity contribution is 7.89. The van der Waals surface area contributed by atoms with Crippen molar-refractivity contribution in [3.8, 4) is 0 Å². The Balaban J connectivity index is 1.64. The molecule has 1 aliphatic heterocycles. The van der Waals surface area contributed by atoms with Crippen molar-refractivity contribution in [3.05, 3.63) is 46.4 Å². The Kier molecular flexibility index (Phi) is 3.67. The number of likely N-dealkylation sites (N-methyl/N-ethyl adjacent to an activating group) is 1. The van der Waals surface area contributed by atoms with Crippen molar-refractivity contribution in [3.63, 3.8) is 0 Å². The minimum absolute atomic E-state index is 0.216. The normalized spacial score (nSPS) is 19.7. The van der Waals surface area contributed by atoms with Crippen LogP contribution < -0.4 is 5.32 Å². The van der Waals surface area contributed by atoms with Crippen molar-refractivity contribution in [2.75, 3.05) is 13.6 Å². The van der Waals surface area contributed by atoms with Gasteiger partial charge in [-0.2, -0.15) is 4.31 Å². The number of fused-ring (bicyclic) bond motifs is 2. The number of hydrogen-bond donors (Lipinski definition) is 1. The Morgan fingerprint density at radius 2 is 2.12 bits per heavy atom. The lowest BCUT2D eigenvalue weighted by molar-refractivity contribution is 0.0932. The van der Waals surface area contributed by atoms with E-state index in [1.54, 1.807) is 29.9 Å². The molecule has 1 atom stereocenters. The topological polar surface area (TPSA) is 84.3 Å². The molecule has 130 valence electrons. The molecule has 0 aliphatic carbocycles. The van der Waals surface area contributed by atoms with Crippen molar-refractivity contribution < 1.29 is 13.2 Å². The van der Waals surface area contributed by atoms with Crippen molar-refractivity contribution in [2.45, 2.75) is 10.9 Å². The van der Waals surface area contributed by atoms with Crippen LogP contribution in [0.3, 0.4) is 0 Å². The van der Waals surface area contributed by atoms with Gasteiger partial charge in [-0.05, 0) is 29.6 Å². The Bertz CT molecular complexity index is 1080. The van der Waals surface area contributed by atoms with E-state index < -0.39 is 10.0 Å². The third-order valence-corrected chi connectivity index (χ3v) is 7.44. The molecule has 0 saturated heterocycles. The molecule has 0 bridgehead atoms. The fourth-order valence-corrected chi connectivity index (χ4v) is 5.71. The summed E-state index contributed by atoms with van der Waals surface area (Å²) in [7, 11) is -0.0397. The summed E-state index contributed by atoms with van der Waals surface area (Å²) in [6.07, 6.45) is 1.70. The number of sulfonamides is 1. The van der Waals surface area contributed by atoms with E-state index in [-0.39, 0.29) is 23.4 Å². The van der Waals surface area contributed by atoms with Gasteiger partial charge in [-0.15, -0.1) is 11.3 Å². The Morgan fingerprint density at radius 3 is 2.92 bits per heavy atom. The van der Waals surface area contributed by atoms with Gasteiger partial charge in [0, 0.05) is 31.1 Å². The summed E-state index contributed by atoms with van der Waals surface area (Å²) in [5.74, 6) is -0.246. The minimum Gasteiger partial charge on any atom is -0.343 e. The smallest absolute Gasteiger partial charge is 0.251 e. The lowest BCUT2D eigenvalue weighted by Crippen LogP contribution is -2.42. The second kappa shape index (κ2) is 5.65. The molecular weight excluding hydrogens is 360 g/mol. The summed E-state index contributed by atoms with van der Waals surface area (Å²) in [5, 5.41) is 4.68. The predicted octanol–water partition coefficient (Wildman–Crippen LogP) is 1.74. The maximum Gasteiger partial charge on any atom is 0.251 e. The van der Waals surface area contributed by atoms with Crippen LogP contribution in [0, 0.1) is 0 Å². The van der Waals surface area contributed by atoms with Crippen LogP contribution in [0.25, 0.3) is 11.0 Å². The third-order valence-electron chi connectivity index (χ3n) is 4.39. The van der Waals surface area contributed by atoms with E-state index in [0.29, 0.717) is 10.4 Å². The van der Waals surface area contributed by atoms with E-state index in [4.69, 9.17) is 0 Å². The molecule has 3 aromatic rings. The van der Waals surface area contributed by atoms with Crippen LogP contribution in [0.4, 0.5) is 0 Å². The average Bonchev–Trinajstić information content (AvgIpc) is 3.20. The van der Waals surface area contributed by atoms with Gasteiger partial charge in [0.15, 0.2) is 0 Å². The van der Waals surface area contributed by atoms with Gasteiger partial charge >= 0.3 is 0 Å². The summed E-state index contributed by atoms with van der Waals surface area (Å²) in [6, 6.07) is 6.56. The van der Waals surface area contributed by atoms with Gasteiger partial charge in [0.05, 0.1) is 28.3 Å². The highest BCUT2D eigenvalue weighted by atomic mass is 32.2. The number of benzene rings is 1. The monoisotopic (exact) mass is 376 g/mol. The molecule has 2 aromatic heterocycles. The molecule has 7 nitrogen and oxygen atoms in total. The fourth-order valence-electron chi connectivity index (χ4n) is 3.01. The van der Waals surface area contributed by atoms with E-state index in [1.165, 1.54) is 22.7 Å². The molecule has 0 fully saturated rings. The highest BCUT2D eigenvalue weighted by Crippen LogP contribution is 2.35. The molecular formula is C16H16N4O3S2. The fraction of sp³-hybridized carbons (Fsp3) is 0.250. The van der Waals surface area contributed by atoms with Crippen LogP contribution in [-0.2, 0) is 17.1 Å². The van der Waals surface area contributed by atoms with Crippen molar-refractivity contribution in [1.29, 1.82) is 0 Å². The van der Waals surface area contributed by atoms with Gasteiger partial charge in [0.25, 0.3) is 5.91 Å². The van der Waals surface area contributed by atoms with Gasteiger partial charge in [0.2, 0.25) is 10.0 Å². The predicted molar refractivity (Wildman–Crippen MR) is 95.1 cm³/mol. The molecule has 1 amide bonds. The quantitative estimate of drug-likeness (QED) is 0.738. The van der Waals surface area contributed by atoms with Crippen LogP contribution in [0.5, 0.6) is 0 Å². The number of aromatic nitrogens is 2. The number of rotatable bonds is 2. The van der Waals surface area contributed by atoms with Crippen LogP contribution in [-0.4, -0.2) is 41.8 Å². The largest absolute Gasteiger partial charge is 0.343 e. The summed E-state index contributed by atoms with van der Waals surface area (Å²) < 4.78 is 27.8. The lowest BCUT2D eigenvalue weighted by atomic mass is 10.1. The number of nitrogens with zero attached hydrogens (tertiary/aromatic N) is 3. The van der Waals surface area contributed by atoms with Gasteiger partial charge < -0.3 is 9.88 Å². The standard InChI is InChI=1S/C16H16N4O3S2/c1-19-9-17-11-7-10(3-4-13(11)19)16(21)18-12-8-20(2)25(22,23)14-5-6-24-15(12)14/h3-7,9,12H,8H2,1-2H3,(H,18,21). The molecule has 0 spiro atoms. The summed E-state index contributed by atoms with van der Waals surface area (Å²) in [5.41, 5.74) is 2.19. The van der Waals surface area contributed by atoms with Gasteiger partial charge in [0.1, 0.15) is 0 Å². The van der Waals surface area contributed by atoms with Crippen molar-refractivity contribution >= 4 is 38.3 Å². The Hall–Kier alpha value is -2.23. The summed E-state index contributed by atoms with van der Waals surface area (Å²) >= 11 is 1.34. The highest BCUT2D eigenvalue weighted by Gasteiger charge is 2.36. The van der Waals surface area contributed by atoms with Crippen LogP contribution in [0.15, 0.2) is 40.9 Å². The number of carbonyl (C=O) groups excluding carboxylic acids is 1. The third kappa shape index (κ3) is 2.55. The van der Waals surface area contributed by atoms with Gasteiger partial charge in [-0.25, -0.2) is 13.4 Å². The minimum atomic E-state index is -3.46. The summed E-state index contributed by atoms with van der Waals surface area (Å²) in [4.78, 5) is 17.9. The molecule has 9 heteroatoms. The number of aryl methyl sites for hydroxylation is 1. The maximum atomic E-state index is 12.7. The second-order valence-electron chi connectivity index (χ2n) is 6.02. The molecule has 3 heterocycles. The Morgan fingerprint density at radius 1 is 1.32 bits per heavy atom. The number of thiophene rings is 1. The molecule has 1 aromatic carbocycles. The molecule has 0 radical (unpaired) electrons. The maximum absolute atomic E-state index is 12.7. The van der Waals surface area contributed by atoms with E-state index in [0.717, 1.165) is 11.0 Å². The number of nitrogens with one attached hydrogen (secondary N) is 1. The first kappa shape index (κ1) is 16.2. The van der Waals surface area contributed by atoms with Crippen LogP contribution in [0.1, 0.15) is 21.3 Å². The first-order chi connectivity index (χ1) is 11.9. The number of imidazole rings is 1. The Labute approximate surface area is 149 Å². The molecule has 1 unspecified atom stereocenters.